The largest absolute Gasteiger partial charge is 0.481 e. The van der Waals surface area contributed by atoms with Crippen LogP contribution in [0.4, 0.5) is 0 Å². The summed E-state index contributed by atoms with van der Waals surface area (Å²) in [5.41, 5.74) is 0.0522. The van der Waals surface area contributed by atoms with Crippen LogP contribution in [0.2, 0.25) is 0 Å². The van der Waals surface area contributed by atoms with Crippen molar-refractivity contribution in [1.29, 1.82) is 0 Å². The molecule has 1 heterocycles. The average Bonchev–Trinajstić information content (AvgIpc) is 2.78. The van der Waals surface area contributed by atoms with Crippen LogP contribution in [0, 0.1) is 12.8 Å². The molecule has 0 aromatic carbocycles. The molecular weight excluding hydrogens is 288 g/mol. The van der Waals surface area contributed by atoms with E-state index in [4.69, 9.17) is 9.52 Å². The second-order valence-electron chi connectivity index (χ2n) is 4.19. The highest BCUT2D eigenvalue weighted by Gasteiger charge is 2.23. The van der Waals surface area contributed by atoms with Gasteiger partial charge >= 0.3 is 5.97 Å². The number of sulfonamides is 1. The number of furan rings is 1. The summed E-state index contributed by atoms with van der Waals surface area (Å²) in [6.45, 7) is 2.83. The highest BCUT2D eigenvalue weighted by Crippen LogP contribution is 2.18. The quantitative estimate of drug-likeness (QED) is 0.676. The smallest absolute Gasteiger partial charge is 0.308 e. The number of aryl methyl sites for hydroxylation is 1. The van der Waals surface area contributed by atoms with Gasteiger partial charge in [0.05, 0.1) is 11.5 Å². The standard InChI is InChI=1S/C11H16N2O6S/c1-6(11(15)16)5-13-10(14)8-4-9(19-7(8)2)20(17,18)12-3/h4,6,12H,5H2,1-3H3,(H,13,14)(H,15,16). The molecule has 0 spiro atoms. The lowest BCUT2D eigenvalue weighted by Gasteiger charge is -2.07. The van der Waals surface area contributed by atoms with E-state index >= 15 is 0 Å². The number of aliphatic carboxylic acids is 1. The molecule has 0 aliphatic carbocycles. The van der Waals surface area contributed by atoms with Crippen LogP contribution in [-0.2, 0) is 14.8 Å². The summed E-state index contributed by atoms with van der Waals surface area (Å²) in [4.78, 5) is 22.5. The lowest BCUT2D eigenvalue weighted by molar-refractivity contribution is -0.140. The van der Waals surface area contributed by atoms with Crippen molar-refractivity contribution in [2.45, 2.75) is 18.9 Å². The van der Waals surface area contributed by atoms with Crippen molar-refractivity contribution in [2.24, 2.45) is 5.92 Å². The Bertz CT molecular complexity index is 619. The van der Waals surface area contributed by atoms with Gasteiger partial charge in [-0.15, -0.1) is 0 Å². The molecule has 0 fully saturated rings. The van der Waals surface area contributed by atoms with Gasteiger partial charge in [0.25, 0.3) is 15.9 Å². The molecule has 1 atom stereocenters. The van der Waals surface area contributed by atoms with Crippen molar-refractivity contribution in [3.05, 3.63) is 17.4 Å². The van der Waals surface area contributed by atoms with E-state index < -0.39 is 27.8 Å². The zero-order valence-electron chi connectivity index (χ0n) is 11.3. The maximum absolute atomic E-state index is 11.8. The summed E-state index contributed by atoms with van der Waals surface area (Å²) in [5, 5.41) is 10.7. The molecule has 112 valence electrons. The van der Waals surface area contributed by atoms with Crippen LogP contribution in [0.1, 0.15) is 23.0 Å². The van der Waals surface area contributed by atoms with Gasteiger partial charge in [0.15, 0.2) is 0 Å². The van der Waals surface area contributed by atoms with Gasteiger partial charge in [-0.25, -0.2) is 13.1 Å². The molecule has 1 rings (SSSR count). The summed E-state index contributed by atoms with van der Waals surface area (Å²) < 4.78 is 30.1. The maximum Gasteiger partial charge on any atom is 0.308 e. The number of rotatable bonds is 6. The third-order valence-corrected chi connectivity index (χ3v) is 3.93. The first-order valence-electron chi connectivity index (χ1n) is 5.74. The van der Waals surface area contributed by atoms with Gasteiger partial charge < -0.3 is 14.8 Å². The first-order chi connectivity index (χ1) is 9.19. The molecule has 0 bridgehead atoms. The Kier molecular flexibility index (Phi) is 4.90. The molecule has 0 aliphatic heterocycles. The van der Waals surface area contributed by atoms with Crippen LogP contribution in [0.3, 0.4) is 0 Å². The van der Waals surface area contributed by atoms with Crippen molar-refractivity contribution in [3.8, 4) is 0 Å². The fourth-order valence-electron chi connectivity index (χ4n) is 1.34. The van der Waals surface area contributed by atoms with Gasteiger partial charge in [0.1, 0.15) is 5.76 Å². The minimum atomic E-state index is -3.77. The number of hydrogen-bond donors (Lipinski definition) is 3. The second-order valence-corrected chi connectivity index (χ2v) is 6.01. The number of carboxylic acids is 1. The Morgan fingerprint density at radius 1 is 1.45 bits per heavy atom. The third-order valence-electron chi connectivity index (χ3n) is 2.66. The van der Waals surface area contributed by atoms with Crippen LogP contribution in [0.15, 0.2) is 15.6 Å². The monoisotopic (exact) mass is 304 g/mol. The fraction of sp³-hybridized carbons (Fsp3) is 0.455. The molecule has 1 unspecified atom stereocenters. The van der Waals surface area contributed by atoms with Crippen LogP contribution in [0.5, 0.6) is 0 Å². The number of carbonyl (C=O) groups is 2. The van der Waals surface area contributed by atoms with E-state index in [0.29, 0.717) is 0 Å². The predicted octanol–water partition coefficient (Wildman–Crippen LogP) is -0.0534. The minimum absolute atomic E-state index is 0.0522. The van der Waals surface area contributed by atoms with Gasteiger partial charge in [0.2, 0.25) is 5.09 Å². The molecule has 0 saturated heterocycles. The Balaban J connectivity index is 2.88. The van der Waals surface area contributed by atoms with E-state index in [1.165, 1.54) is 20.9 Å². The molecule has 20 heavy (non-hydrogen) atoms. The molecule has 9 heteroatoms. The van der Waals surface area contributed by atoms with E-state index in [9.17, 15) is 18.0 Å². The number of amides is 1. The molecule has 0 radical (unpaired) electrons. The van der Waals surface area contributed by atoms with E-state index in [2.05, 4.69) is 10.0 Å². The summed E-state index contributed by atoms with van der Waals surface area (Å²) in [5.74, 6) is -2.23. The molecule has 1 aromatic heterocycles. The van der Waals surface area contributed by atoms with Gasteiger partial charge in [-0.3, -0.25) is 9.59 Å². The first kappa shape index (κ1) is 16.2. The Hall–Kier alpha value is -1.87. The second kappa shape index (κ2) is 6.06. The molecule has 1 amide bonds. The van der Waals surface area contributed by atoms with Crippen LogP contribution in [-0.4, -0.2) is 39.0 Å². The van der Waals surface area contributed by atoms with E-state index in [1.54, 1.807) is 0 Å². The summed E-state index contributed by atoms with van der Waals surface area (Å²) in [6.07, 6.45) is 0. The molecule has 0 aliphatic rings. The lowest BCUT2D eigenvalue weighted by atomic mass is 10.2. The van der Waals surface area contributed by atoms with Crippen LogP contribution >= 0.6 is 0 Å². The normalized spacial score (nSPS) is 12.9. The van der Waals surface area contributed by atoms with Crippen LogP contribution < -0.4 is 10.0 Å². The van der Waals surface area contributed by atoms with E-state index in [0.717, 1.165) is 6.07 Å². The van der Waals surface area contributed by atoms with Gasteiger partial charge in [-0.1, -0.05) is 6.92 Å². The third kappa shape index (κ3) is 3.58. The SMILES string of the molecule is CNS(=O)(=O)c1cc(C(=O)NCC(C)C(=O)O)c(C)o1. The number of nitrogens with one attached hydrogen (secondary N) is 2. The number of hydrogen-bond acceptors (Lipinski definition) is 5. The zero-order chi connectivity index (χ0) is 15.5. The Labute approximate surface area is 116 Å². The Morgan fingerprint density at radius 2 is 2.05 bits per heavy atom. The lowest BCUT2D eigenvalue weighted by Crippen LogP contribution is -2.31. The minimum Gasteiger partial charge on any atom is -0.481 e. The van der Waals surface area contributed by atoms with Crippen molar-refractivity contribution >= 4 is 21.9 Å². The van der Waals surface area contributed by atoms with E-state index in [1.807, 2.05) is 0 Å². The van der Waals surface area contributed by atoms with Gasteiger partial charge in [0, 0.05) is 12.6 Å². The molecule has 8 nitrogen and oxygen atoms in total. The summed E-state index contributed by atoms with van der Waals surface area (Å²) >= 11 is 0. The van der Waals surface area contributed by atoms with Crippen molar-refractivity contribution < 1.29 is 27.5 Å². The summed E-state index contributed by atoms with van der Waals surface area (Å²) in [7, 11) is -2.55. The molecule has 0 saturated carbocycles. The highest BCUT2D eigenvalue weighted by molar-refractivity contribution is 7.89. The summed E-state index contributed by atoms with van der Waals surface area (Å²) in [6, 6.07) is 1.10. The van der Waals surface area contributed by atoms with E-state index in [-0.39, 0.29) is 23.0 Å². The molecular formula is C11H16N2O6S. The highest BCUT2D eigenvalue weighted by atomic mass is 32.2. The maximum atomic E-state index is 11.8. The first-order valence-corrected chi connectivity index (χ1v) is 7.22. The van der Waals surface area contributed by atoms with Gasteiger partial charge in [-0.05, 0) is 14.0 Å². The molecule has 3 N–H and O–H groups in total. The zero-order valence-corrected chi connectivity index (χ0v) is 12.1. The number of carbonyl (C=O) groups excluding carboxylic acids is 1. The fourth-order valence-corrected chi connectivity index (χ4v) is 2.05. The molecule has 1 aromatic rings. The van der Waals surface area contributed by atoms with Crippen molar-refractivity contribution in [3.63, 3.8) is 0 Å². The predicted molar refractivity (Wildman–Crippen MR) is 68.8 cm³/mol. The topological polar surface area (TPSA) is 126 Å². The van der Waals surface area contributed by atoms with Crippen LogP contribution in [0.25, 0.3) is 0 Å². The van der Waals surface area contributed by atoms with Crippen molar-refractivity contribution in [1.82, 2.24) is 10.0 Å². The number of carboxylic acid groups (broad SMARTS) is 1. The Morgan fingerprint density at radius 3 is 2.55 bits per heavy atom. The van der Waals surface area contributed by atoms with Gasteiger partial charge in [-0.2, -0.15) is 0 Å². The average molecular weight is 304 g/mol. The van der Waals surface area contributed by atoms with Crippen molar-refractivity contribution in [2.75, 3.05) is 13.6 Å².